The first kappa shape index (κ1) is 15.6. The fraction of sp³-hybridized carbons (Fsp3) is 0.625. The molecule has 0 radical (unpaired) electrons. The fourth-order valence-electron chi connectivity index (χ4n) is 2.22. The molecule has 1 N–H and O–H groups in total. The van der Waals surface area contributed by atoms with Crippen LogP contribution in [0.2, 0.25) is 0 Å². The number of benzene rings is 1. The Bertz CT molecular complexity index is 338. The van der Waals surface area contributed by atoms with Gasteiger partial charge >= 0.3 is 0 Å². The Morgan fingerprint density at radius 3 is 2.72 bits per heavy atom. The maximum absolute atomic E-state index is 3.73. The van der Waals surface area contributed by atoms with E-state index in [1.54, 1.807) is 0 Å². The van der Waals surface area contributed by atoms with Gasteiger partial charge in [-0.3, -0.25) is 0 Å². The minimum atomic E-state index is 0.600. The van der Waals surface area contributed by atoms with Crippen molar-refractivity contribution in [2.45, 2.75) is 52.1 Å². The van der Waals surface area contributed by atoms with Crippen LogP contribution in [0, 0.1) is 6.92 Å². The molecule has 0 aliphatic rings. The van der Waals surface area contributed by atoms with E-state index in [2.05, 4.69) is 56.6 Å². The van der Waals surface area contributed by atoms with Gasteiger partial charge in [0.2, 0.25) is 0 Å². The van der Waals surface area contributed by atoms with Crippen LogP contribution in [0.15, 0.2) is 24.3 Å². The van der Waals surface area contributed by atoms with Gasteiger partial charge in [-0.1, -0.05) is 36.8 Å². The normalized spacial score (nSPS) is 14.4. The molecule has 18 heavy (non-hydrogen) atoms. The Balaban J connectivity index is 2.34. The Kier molecular flexibility index (Phi) is 7.45. The van der Waals surface area contributed by atoms with Gasteiger partial charge in [0.25, 0.3) is 0 Å². The Hall–Kier alpha value is -0.470. The number of hydrogen-bond acceptors (Lipinski definition) is 2. The summed E-state index contributed by atoms with van der Waals surface area (Å²) in [5, 5.41) is 3.73. The largest absolute Gasteiger partial charge is 0.311 e. The van der Waals surface area contributed by atoms with Crippen LogP contribution in [0.25, 0.3) is 0 Å². The van der Waals surface area contributed by atoms with E-state index in [4.69, 9.17) is 0 Å². The molecule has 0 heterocycles. The second kappa shape index (κ2) is 8.60. The fourth-order valence-corrected chi connectivity index (χ4v) is 2.96. The predicted octanol–water partition coefficient (Wildman–Crippen LogP) is 4.05. The molecule has 2 atom stereocenters. The molecule has 0 amide bonds. The average Bonchev–Trinajstić information content (AvgIpc) is 2.36. The van der Waals surface area contributed by atoms with Crippen molar-refractivity contribution >= 4 is 11.8 Å². The van der Waals surface area contributed by atoms with Gasteiger partial charge < -0.3 is 5.32 Å². The number of hydrogen-bond donors (Lipinski definition) is 1. The van der Waals surface area contributed by atoms with E-state index in [0.717, 1.165) is 0 Å². The van der Waals surface area contributed by atoms with E-state index in [1.165, 1.54) is 36.1 Å². The van der Waals surface area contributed by atoms with Crippen LogP contribution in [0.5, 0.6) is 0 Å². The quantitative estimate of drug-likeness (QED) is 0.761. The minimum absolute atomic E-state index is 0.600. The Labute approximate surface area is 117 Å². The second-order valence-corrected chi connectivity index (χ2v) is 6.07. The van der Waals surface area contributed by atoms with Crippen molar-refractivity contribution < 1.29 is 0 Å². The number of aryl methyl sites for hydroxylation is 2. The molecule has 102 valence electrons. The average molecular weight is 265 g/mol. The predicted molar refractivity (Wildman–Crippen MR) is 84.6 cm³/mol. The lowest BCUT2D eigenvalue weighted by molar-refractivity contribution is 0.442. The zero-order valence-corrected chi connectivity index (χ0v) is 13.0. The van der Waals surface area contributed by atoms with Gasteiger partial charge in [0.05, 0.1) is 0 Å². The third-order valence-electron chi connectivity index (χ3n) is 3.33. The van der Waals surface area contributed by atoms with Gasteiger partial charge in [0.1, 0.15) is 0 Å². The summed E-state index contributed by atoms with van der Waals surface area (Å²) in [5.74, 6) is 1.21. The molecule has 0 bridgehead atoms. The first-order valence-corrected chi connectivity index (χ1v) is 8.35. The van der Waals surface area contributed by atoms with Crippen LogP contribution in [-0.2, 0) is 6.42 Å². The van der Waals surface area contributed by atoms with Crippen molar-refractivity contribution in [2.24, 2.45) is 0 Å². The zero-order valence-electron chi connectivity index (χ0n) is 12.2. The maximum Gasteiger partial charge on any atom is 0.0157 e. The SMILES string of the molecule is CCC(CSC)NC(C)CCc1cccc(C)c1. The molecule has 0 aliphatic heterocycles. The van der Waals surface area contributed by atoms with Crippen molar-refractivity contribution in [1.82, 2.24) is 5.32 Å². The van der Waals surface area contributed by atoms with Crippen molar-refractivity contribution in [3.63, 3.8) is 0 Å². The zero-order chi connectivity index (χ0) is 13.4. The minimum Gasteiger partial charge on any atom is -0.311 e. The monoisotopic (exact) mass is 265 g/mol. The first-order valence-electron chi connectivity index (χ1n) is 6.96. The van der Waals surface area contributed by atoms with Gasteiger partial charge in [0.15, 0.2) is 0 Å². The Morgan fingerprint density at radius 2 is 2.11 bits per heavy atom. The molecule has 0 fully saturated rings. The molecule has 1 rings (SSSR count). The lowest BCUT2D eigenvalue weighted by atomic mass is 10.0. The highest BCUT2D eigenvalue weighted by molar-refractivity contribution is 7.98. The molecule has 2 heteroatoms. The van der Waals surface area contributed by atoms with Gasteiger partial charge in [-0.05, 0) is 44.9 Å². The van der Waals surface area contributed by atoms with Crippen molar-refractivity contribution in [3.8, 4) is 0 Å². The van der Waals surface area contributed by atoms with Gasteiger partial charge in [0, 0.05) is 17.8 Å². The summed E-state index contributed by atoms with van der Waals surface area (Å²) in [6, 6.07) is 10.1. The van der Waals surface area contributed by atoms with Crippen molar-refractivity contribution in [2.75, 3.05) is 12.0 Å². The molecule has 1 aromatic rings. The highest BCUT2D eigenvalue weighted by atomic mass is 32.2. The van der Waals surface area contributed by atoms with E-state index >= 15 is 0 Å². The number of thioether (sulfide) groups is 1. The molecule has 1 aromatic carbocycles. The van der Waals surface area contributed by atoms with E-state index in [-0.39, 0.29) is 0 Å². The Morgan fingerprint density at radius 1 is 1.33 bits per heavy atom. The molecule has 2 unspecified atom stereocenters. The van der Waals surface area contributed by atoms with E-state index < -0.39 is 0 Å². The van der Waals surface area contributed by atoms with Crippen LogP contribution < -0.4 is 5.32 Å². The summed E-state index contributed by atoms with van der Waals surface area (Å²) in [7, 11) is 0. The first-order chi connectivity index (χ1) is 8.65. The van der Waals surface area contributed by atoms with Gasteiger partial charge in [-0.25, -0.2) is 0 Å². The molecular formula is C16H27NS. The third kappa shape index (κ3) is 5.92. The topological polar surface area (TPSA) is 12.0 Å². The summed E-state index contributed by atoms with van der Waals surface area (Å²) in [6.45, 7) is 6.73. The number of nitrogens with one attached hydrogen (secondary N) is 1. The lowest BCUT2D eigenvalue weighted by Gasteiger charge is -2.21. The molecule has 0 spiro atoms. The van der Waals surface area contributed by atoms with Crippen LogP contribution >= 0.6 is 11.8 Å². The second-order valence-electron chi connectivity index (χ2n) is 5.16. The van der Waals surface area contributed by atoms with Gasteiger partial charge in [-0.2, -0.15) is 11.8 Å². The van der Waals surface area contributed by atoms with Crippen LogP contribution in [0.1, 0.15) is 37.8 Å². The standard InChI is InChI=1S/C16H27NS/c1-5-16(12-18-4)17-14(3)9-10-15-8-6-7-13(2)11-15/h6-8,11,14,16-17H,5,9-10,12H2,1-4H3. The maximum atomic E-state index is 3.73. The lowest BCUT2D eigenvalue weighted by Crippen LogP contribution is -2.38. The van der Waals surface area contributed by atoms with Crippen molar-refractivity contribution in [3.05, 3.63) is 35.4 Å². The molecule has 0 saturated carbocycles. The van der Waals surface area contributed by atoms with Crippen LogP contribution in [0.3, 0.4) is 0 Å². The highest BCUT2D eigenvalue weighted by Crippen LogP contribution is 2.09. The molecule has 1 nitrogen and oxygen atoms in total. The smallest absolute Gasteiger partial charge is 0.0157 e. The van der Waals surface area contributed by atoms with Crippen LogP contribution in [-0.4, -0.2) is 24.1 Å². The number of rotatable bonds is 8. The van der Waals surface area contributed by atoms with E-state index in [0.29, 0.717) is 12.1 Å². The summed E-state index contributed by atoms with van der Waals surface area (Å²) < 4.78 is 0. The molecule has 0 aromatic heterocycles. The molecule has 0 saturated heterocycles. The highest BCUT2D eigenvalue weighted by Gasteiger charge is 2.09. The van der Waals surface area contributed by atoms with E-state index in [9.17, 15) is 0 Å². The molecular weight excluding hydrogens is 238 g/mol. The summed E-state index contributed by atoms with van der Waals surface area (Å²) in [4.78, 5) is 0. The molecule has 0 aliphatic carbocycles. The van der Waals surface area contributed by atoms with Crippen molar-refractivity contribution in [1.29, 1.82) is 0 Å². The van der Waals surface area contributed by atoms with Crippen LogP contribution in [0.4, 0.5) is 0 Å². The summed E-state index contributed by atoms with van der Waals surface area (Å²) in [5.41, 5.74) is 2.82. The van der Waals surface area contributed by atoms with E-state index in [1.807, 2.05) is 11.8 Å². The van der Waals surface area contributed by atoms with Gasteiger partial charge in [-0.15, -0.1) is 0 Å². The summed E-state index contributed by atoms with van der Waals surface area (Å²) in [6.07, 6.45) is 5.79. The third-order valence-corrected chi connectivity index (χ3v) is 4.07. The summed E-state index contributed by atoms with van der Waals surface area (Å²) >= 11 is 1.93.